The Hall–Kier alpha value is -0.610. The maximum Gasteiger partial charge on any atom is 0.232 e. The van der Waals surface area contributed by atoms with Crippen LogP contribution in [0.25, 0.3) is 0 Å². The molecule has 0 bridgehead atoms. The first-order valence-electron chi connectivity index (χ1n) is 5.61. The van der Waals surface area contributed by atoms with Crippen molar-refractivity contribution in [2.24, 2.45) is 5.41 Å². The van der Waals surface area contributed by atoms with Gasteiger partial charge in [-0.3, -0.25) is 4.79 Å². The first-order valence-corrected chi connectivity index (χ1v) is 5.61. The highest BCUT2D eigenvalue weighted by Gasteiger charge is 2.42. The molecule has 88 valence electrons. The number of carbonyl (C=O) groups is 1. The molecule has 1 unspecified atom stereocenters. The number of nitrogens with one attached hydrogen (secondary N) is 1. The monoisotopic (exact) mass is 214 g/mol. The number of hydrogen-bond donors (Lipinski definition) is 1. The Kier molecular flexibility index (Phi) is 4.54. The van der Waals surface area contributed by atoms with Gasteiger partial charge in [-0.25, -0.2) is 0 Å². The summed E-state index contributed by atoms with van der Waals surface area (Å²) in [6.07, 6.45) is 1.88. The maximum atomic E-state index is 12.3. The Morgan fingerprint density at radius 3 is 2.80 bits per heavy atom. The van der Waals surface area contributed by atoms with Crippen molar-refractivity contribution in [1.29, 1.82) is 0 Å². The van der Waals surface area contributed by atoms with Crippen LogP contribution in [-0.2, 0) is 9.53 Å². The van der Waals surface area contributed by atoms with Gasteiger partial charge in [-0.05, 0) is 19.4 Å². The van der Waals surface area contributed by atoms with E-state index in [2.05, 4.69) is 12.2 Å². The van der Waals surface area contributed by atoms with Gasteiger partial charge in [0.25, 0.3) is 0 Å². The second-order valence-electron chi connectivity index (χ2n) is 4.37. The molecule has 0 aliphatic carbocycles. The van der Waals surface area contributed by atoms with Crippen molar-refractivity contribution < 1.29 is 9.53 Å². The maximum absolute atomic E-state index is 12.3. The van der Waals surface area contributed by atoms with Crippen molar-refractivity contribution in [1.82, 2.24) is 10.2 Å². The Morgan fingerprint density at radius 1 is 1.60 bits per heavy atom. The molecular formula is C11H22N2O2. The number of ether oxygens (including phenoxy) is 1. The molecule has 1 heterocycles. The summed E-state index contributed by atoms with van der Waals surface area (Å²) in [6.45, 7) is 5.08. The smallest absolute Gasteiger partial charge is 0.232 e. The summed E-state index contributed by atoms with van der Waals surface area (Å²) in [6, 6.07) is 0. The molecule has 1 rings (SSSR count). The molecule has 1 amide bonds. The lowest BCUT2D eigenvalue weighted by Crippen LogP contribution is -2.46. The highest BCUT2D eigenvalue weighted by molar-refractivity contribution is 5.83. The summed E-state index contributed by atoms with van der Waals surface area (Å²) in [5, 5.41) is 3.25. The van der Waals surface area contributed by atoms with E-state index in [1.807, 2.05) is 11.9 Å². The molecule has 1 atom stereocenters. The summed E-state index contributed by atoms with van der Waals surface area (Å²) in [4.78, 5) is 14.1. The average Bonchev–Trinajstić information content (AvgIpc) is 2.67. The Bertz CT molecular complexity index is 213. The highest BCUT2D eigenvalue weighted by atomic mass is 16.5. The highest BCUT2D eigenvalue weighted by Crippen LogP contribution is 2.28. The van der Waals surface area contributed by atoms with E-state index in [4.69, 9.17) is 4.74 Å². The molecule has 0 saturated carbocycles. The second-order valence-corrected chi connectivity index (χ2v) is 4.37. The summed E-state index contributed by atoms with van der Waals surface area (Å²) in [5.41, 5.74) is -0.321. The van der Waals surface area contributed by atoms with Crippen molar-refractivity contribution in [2.75, 3.05) is 40.4 Å². The molecule has 0 aromatic rings. The van der Waals surface area contributed by atoms with Crippen LogP contribution in [0.15, 0.2) is 0 Å². The van der Waals surface area contributed by atoms with E-state index in [1.54, 1.807) is 7.11 Å². The molecule has 1 aliphatic rings. The largest absolute Gasteiger partial charge is 0.384 e. The van der Waals surface area contributed by atoms with Gasteiger partial charge in [-0.1, -0.05) is 6.92 Å². The van der Waals surface area contributed by atoms with E-state index in [0.717, 1.165) is 32.5 Å². The first-order chi connectivity index (χ1) is 7.16. The molecular weight excluding hydrogens is 192 g/mol. The predicted octanol–water partition coefficient (Wildman–Crippen LogP) is 0.481. The topological polar surface area (TPSA) is 41.6 Å². The molecule has 4 nitrogen and oxygen atoms in total. The molecule has 4 heteroatoms. The summed E-state index contributed by atoms with van der Waals surface area (Å²) < 4.78 is 5.19. The molecule has 1 N–H and O–H groups in total. The molecule has 0 spiro atoms. The zero-order valence-electron chi connectivity index (χ0n) is 10.0. The number of hydrogen-bond acceptors (Lipinski definition) is 3. The third-order valence-corrected chi connectivity index (χ3v) is 3.02. The molecule has 1 fully saturated rings. The van der Waals surface area contributed by atoms with Gasteiger partial charge in [0.2, 0.25) is 5.91 Å². The van der Waals surface area contributed by atoms with Crippen molar-refractivity contribution in [3.63, 3.8) is 0 Å². The summed E-state index contributed by atoms with van der Waals surface area (Å²) in [7, 11) is 3.54. The van der Waals surface area contributed by atoms with Crippen LogP contribution in [-0.4, -0.2) is 51.2 Å². The second kappa shape index (κ2) is 5.47. The van der Waals surface area contributed by atoms with Gasteiger partial charge in [0.15, 0.2) is 0 Å². The standard InChI is InChI=1S/C11H22N2O2/c1-4-7-13(2)10(14)11(9-15-3)5-6-12-8-11/h12H,4-9H2,1-3H3. The third-order valence-electron chi connectivity index (χ3n) is 3.02. The van der Waals surface area contributed by atoms with E-state index < -0.39 is 0 Å². The van der Waals surface area contributed by atoms with Crippen LogP contribution in [0.4, 0.5) is 0 Å². The fourth-order valence-corrected chi connectivity index (χ4v) is 2.23. The van der Waals surface area contributed by atoms with Crippen molar-refractivity contribution >= 4 is 5.91 Å². The number of nitrogens with zero attached hydrogens (tertiary/aromatic N) is 1. The van der Waals surface area contributed by atoms with E-state index >= 15 is 0 Å². The van der Waals surface area contributed by atoms with Gasteiger partial charge < -0.3 is 15.0 Å². The van der Waals surface area contributed by atoms with Crippen LogP contribution in [0, 0.1) is 5.41 Å². The minimum Gasteiger partial charge on any atom is -0.384 e. The van der Waals surface area contributed by atoms with E-state index in [-0.39, 0.29) is 11.3 Å². The minimum atomic E-state index is -0.321. The van der Waals surface area contributed by atoms with Crippen LogP contribution in [0.1, 0.15) is 19.8 Å². The van der Waals surface area contributed by atoms with Crippen molar-refractivity contribution in [3.8, 4) is 0 Å². The minimum absolute atomic E-state index is 0.219. The Labute approximate surface area is 92.0 Å². The van der Waals surface area contributed by atoms with Gasteiger partial charge in [0, 0.05) is 27.2 Å². The van der Waals surface area contributed by atoms with Crippen molar-refractivity contribution in [3.05, 3.63) is 0 Å². The first kappa shape index (κ1) is 12.5. The lowest BCUT2D eigenvalue weighted by molar-refractivity contribution is -0.142. The van der Waals surface area contributed by atoms with Crippen LogP contribution < -0.4 is 5.32 Å². The Morgan fingerprint density at radius 2 is 2.33 bits per heavy atom. The number of rotatable bonds is 5. The van der Waals surface area contributed by atoms with E-state index in [0.29, 0.717) is 6.61 Å². The van der Waals surface area contributed by atoms with Gasteiger partial charge >= 0.3 is 0 Å². The number of carbonyl (C=O) groups excluding carboxylic acids is 1. The predicted molar refractivity (Wildman–Crippen MR) is 59.7 cm³/mol. The number of methoxy groups -OCH3 is 1. The van der Waals surface area contributed by atoms with Crippen LogP contribution in [0.3, 0.4) is 0 Å². The van der Waals surface area contributed by atoms with Crippen LogP contribution >= 0.6 is 0 Å². The molecule has 0 aromatic carbocycles. The quantitative estimate of drug-likeness (QED) is 0.724. The molecule has 1 saturated heterocycles. The molecule has 15 heavy (non-hydrogen) atoms. The van der Waals surface area contributed by atoms with Gasteiger partial charge in [-0.15, -0.1) is 0 Å². The van der Waals surface area contributed by atoms with Crippen LogP contribution in [0.2, 0.25) is 0 Å². The van der Waals surface area contributed by atoms with Crippen LogP contribution in [0.5, 0.6) is 0 Å². The normalized spacial score (nSPS) is 25.5. The average molecular weight is 214 g/mol. The molecule has 0 radical (unpaired) electrons. The number of amides is 1. The van der Waals surface area contributed by atoms with Gasteiger partial charge in [-0.2, -0.15) is 0 Å². The molecule has 1 aliphatic heterocycles. The zero-order valence-corrected chi connectivity index (χ0v) is 10.0. The fraction of sp³-hybridized carbons (Fsp3) is 0.909. The SMILES string of the molecule is CCCN(C)C(=O)C1(COC)CCNC1. The van der Waals surface area contributed by atoms with Gasteiger partial charge in [0.05, 0.1) is 12.0 Å². The summed E-state index contributed by atoms with van der Waals surface area (Å²) in [5.74, 6) is 0.219. The zero-order chi connectivity index (χ0) is 11.3. The lowest BCUT2D eigenvalue weighted by atomic mass is 9.86. The van der Waals surface area contributed by atoms with Gasteiger partial charge in [0.1, 0.15) is 0 Å². The third kappa shape index (κ3) is 2.69. The Balaban J connectivity index is 2.66. The van der Waals surface area contributed by atoms with E-state index in [1.165, 1.54) is 0 Å². The molecule has 0 aromatic heterocycles. The van der Waals surface area contributed by atoms with Crippen molar-refractivity contribution in [2.45, 2.75) is 19.8 Å². The fourth-order valence-electron chi connectivity index (χ4n) is 2.23. The lowest BCUT2D eigenvalue weighted by Gasteiger charge is -2.31. The summed E-state index contributed by atoms with van der Waals surface area (Å²) >= 11 is 0. The van der Waals surface area contributed by atoms with E-state index in [9.17, 15) is 4.79 Å².